The van der Waals surface area contributed by atoms with E-state index in [-0.39, 0.29) is 27.1 Å². The van der Waals surface area contributed by atoms with Gasteiger partial charge in [0.05, 0.1) is 21.3 Å². The molecule has 4 rings (SSSR count). The van der Waals surface area contributed by atoms with Crippen molar-refractivity contribution < 1.29 is 17.6 Å². The van der Waals surface area contributed by atoms with Gasteiger partial charge in [-0.25, -0.2) is 22.5 Å². The van der Waals surface area contributed by atoms with Crippen molar-refractivity contribution in [1.82, 2.24) is 14.8 Å². The maximum absolute atomic E-state index is 13.2. The van der Waals surface area contributed by atoms with Crippen LogP contribution in [0.5, 0.6) is 0 Å². The minimum Gasteiger partial charge on any atom is -0.319 e. The largest absolute Gasteiger partial charge is 0.319 e. The number of hydrogen-bond acceptors (Lipinski definition) is 5. The van der Waals surface area contributed by atoms with Gasteiger partial charge in [0, 0.05) is 5.69 Å². The molecule has 0 atom stereocenters. The van der Waals surface area contributed by atoms with Crippen LogP contribution in [-0.2, 0) is 10.0 Å². The predicted molar refractivity (Wildman–Crippen MR) is 123 cm³/mol. The predicted octanol–water partition coefficient (Wildman–Crippen LogP) is 4.42. The van der Waals surface area contributed by atoms with E-state index in [0.29, 0.717) is 11.5 Å². The topological polar surface area (TPSA) is 106 Å². The molecule has 11 heteroatoms. The van der Waals surface area contributed by atoms with E-state index in [4.69, 9.17) is 11.6 Å². The monoisotopic (exact) mass is 485 g/mol. The summed E-state index contributed by atoms with van der Waals surface area (Å²) in [5, 5.41) is 7.01. The van der Waals surface area contributed by atoms with Gasteiger partial charge in [-0.3, -0.25) is 9.52 Å². The van der Waals surface area contributed by atoms with Gasteiger partial charge in [0.15, 0.2) is 0 Å². The number of sulfonamides is 1. The molecule has 0 aliphatic heterocycles. The van der Waals surface area contributed by atoms with E-state index < -0.39 is 21.7 Å². The lowest BCUT2D eigenvalue weighted by atomic mass is 10.3. The molecule has 0 fully saturated rings. The summed E-state index contributed by atoms with van der Waals surface area (Å²) in [4.78, 5) is 16.7. The van der Waals surface area contributed by atoms with Gasteiger partial charge < -0.3 is 5.32 Å². The molecule has 168 valence electrons. The highest BCUT2D eigenvalue weighted by Crippen LogP contribution is 2.25. The first-order valence-corrected chi connectivity index (χ1v) is 11.5. The Kier molecular flexibility index (Phi) is 6.12. The molecule has 0 saturated heterocycles. The van der Waals surface area contributed by atoms with Crippen LogP contribution in [0.4, 0.5) is 15.8 Å². The summed E-state index contributed by atoms with van der Waals surface area (Å²) in [5.74, 6) is -0.729. The van der Waals surface area contributed by atoms with Gasteiger partial charge in [0.2, 0.25) is 5.82 Å². The van der Waals surface area contributed by atoms with Crippen molar-refractivity contribution in [3.05, 3.63) is 95.3 Å². The molecule has 0 bridgehead atoms. The zero-order chi connectivity index (χ0) is 23.6. The zero-order valence-corrected chi connectivity index (χ0v) is 18.7. The molecule has 3 aromatic carbocycles. The van der Waals surface area contributed by atoms with Crippen molar-refractivity contribution >= 4 is 38.9 Å². The molecule has 8 nitrogen and oxygen atoms in total. The smallest absolute Gasteiger partial charge is 0.295 e. The summed E-state index contributed by atoms with van der Waals surface area (Å²) in [6.07, 6.45) is 0. The Morgan fingerprint density at radius 2 is 1.76 bits per heavy atom. The average Bonchev–Trinajstić information content (AvgIpc) is 3.18. The molecule has 2 N–H and O–H groups in total. The zero-order valence-electron chi connectivity index (χ0n) is 17.2. The standard InChI is InChI=1S/C22H17ClFN5O3S/c1-14-25-21(27-29(14)17-11-9-15(24)10-12-17)22(30)26-16-5-4-6-18(13-16)33(31,32)28-20-8-3-2-7-19(20)23/h2-13,28H,1H3,(H,26,30). The van der Waals surface area contributed by atoms with Crippen LogP contribution in [0.3, 0.4) is 0 Å². The number of benzene rings is 3. The average molecular weight is 486 g/mol. The number of carbonyl (C=O) groups excluding carboxylic acids is 1. The molecule has 0 spiro atoms. The van der Waals surface area contributed by atoms with Crippen LogP contribution in [0.15, 0.2) is 77.7 Å². The molecule has 0 saturated carbocycles. The van der Waals surface area contributed by atoms with E-state index in [0.717, 1.165) is 0 Å². The van der Waals surface area contributed by atoms with Crippen molar-refractivity contribution in [1.29, 1.82) is 0 Å². The number of carbonyl (C=O) groups is 1. The molecule has 0 unspecified atom stereocenters. The summed E-state index contributed by atoms with van der Waals surface area (Å²) in [7, 11) is -3.95. The number of anilines is 2. The Morgan fingerprint density at radius 1 is 1.03 bits per heavy atom. The second-order valence-electron chi connectivity index (χ2n) is 6.94. The Balaban J connectivity index is 1.54. The number of halogens is 2. The van der Waals surface area contributed by atoms with Crippen molar-refractivity contribution in [3.63, 3.8) is 0 Å². The molecular weight excluding hydrogens is 469 g/mol. The van der Waals surface area contributed by atoms with Crippen LogP contribution in [0, 0.1) is 12.7 Å². The van der Waals surface area contributed by atoms with E-state index >= 15 is 0 Å². The summed E-state index contributed by atoms with van der Waals surface area (Å²) < 4.78 is 42.5. The molecule has 1 aromatic heterocycles. The third kappa shape index (κ3) is 5.02. The Morgan fingerprint density at radius 3 is 2.48 bits per heavy atom. The molecule has 1 amide bonds. The molecule has 33 heavy (non-hydrogen) atoms. The van der Waals surface area contributed by atoms with Gasteiger partial charge >= 0.3 is 0 Å². The summed E-state index contributed by atoms with van der Waals surface area (Å²) in [6.45, 7) is 1.65. The summed E-state index contributed by atoms with van der Waals surface area (Å²) in [6, 6.07) is 17.7. The fourth-order valence-corrected chi connectivity index (χ4v) is 4.35. The number of nitrogens with zero attached hydrogens (tertiary/aromatic N) is 3. The number of amides is 1. The first kappa shape index (κ1) is 22.4. The van der Waals surface area contributed by atoms with Crippen molar-refractivity contribution in [2.45, 2.75) is 11.8 Å². The van der Waals surface area contributed by atoms with Crippen LogP contribution in [0.1, 0.15) is 16.4 Å². The normalized spacial score (nSPS) is 11.2. The van der Waals surface area contributed by atoms with Gasteiger partial charge in [0.1, 0.15) is 11.6 Å². The second-order valence-corrected chi connectivity index (χ2v) is 9.03. The number of aromatic nitrogens is 3. The van der Waals surface area contributed by atoms with E-state index in [1.54, 1.807) is 25.1 Å². The van der Waals surface area contributed by atoms with Crippen molar-refractivity contribution in [3.8, 4) is 5.69 Å². The Bertz CT molecular complexity index is 1440. The molecule has 1 heterocycles. The first-order chi connectivity index (χ1) is 15.7. The minimum absolute atomic E-state index is 0.0683. The first-order valence-electron chi connectivity index (χ1n) is 9.61. The summed E-state index contributed by atoms with van der Waals surface area (Å²) in [5.41, 5.74) is 1.01. The lowest BCUT2D eigenvalue weighted by molar-refractivity contribution is 0.101. The van der Waals surface area contributed by atoms with Crippen LogP contribution in [-0.4, -0.2) is 29.1 Å². The minimum atomic E-state index is -3.95. The van der Waals surface area contributed by atoms with Gasteiger partial charge in [0.25, 0.3) is 15.9 Å². The van der Waals surface area contributed by atoms with E-state index in [2.05, 4.69) is 20.1 Å². The Labute approximate surface area is 194 Å². The van der Waals surface area contributed by atoms with Crippen LogP contribution >= 0.6 is 11.6 Å². The van der Waals surface area contributed by atoms with Gasteiger partial charge in [-0.1, -0.05) is 29.8 Å². The molecular formula is C22H17ClFN5O3S. The fraction of sp³-hybridized carbons (Fsp3) is 0.0455. The third-order valence-electron chi connectivity index (χ3n) is 4.56. The lowest BCUT2D eigenvalue weighted by Crippen LogP contribution is -2.16. The highest BCUT2D eigenvalue weighted by atomic mass is 35.5. The maximum Gasteiger partial charge on any atom is 0.295 e. The van der Waals surface area contributed by atoms with Crippen molar-refractivity contribution in [2.75, 3.05) is 10.0 Å². The van der Waals surface area contributed by atoms with Gasteiger partial charge in [-0.15, -0.1) is 5.10 Å². The summed E-state index contributed by atoms with van der Waals surface area (Å²) >= 11 is 6.03. The number of nitrogens with one attached hydrogen (secondary N) is 2. The molecule has 0 aliphatic rings. The van der Waals surface area contributed by atoms with Gasteiger partial charge in [-0.2, -0.15) is 0 Å². The van der Waals surface area contributed by atoms with E-state index in [1.165, 1.54) is 59.3 Å². The quantitative estimate of drug-likeness (QED) is 0.420. The highest BCUT2D eigenvalue weighted by molar-refractivity contribution is 7.92. The molecule has 4 aromatic rings. The third-order valence-corrected chi connectivity index (χ3v) is 6.26. The number of hydrogen-bond donors (Lipinski definition) is 2. The molecule has 0 radical (unpaired) electrons. The van der Waals surface area contributed by atoms with Gasteiger partial charge in [-0.05, 0) is 61.5 Å². The molecule has 0 aliphatic carbocycles. The van der Waals surface area contributed by atoms with Crippen LogP contribution < -0.4 is 10.0 Å². The maximum atomic E-state index is 13.2. The number of para-hydroxylation sites is 1. The number of aryl methyl sites for hydroxylation is 1. The Hall–Kier alpha value is -3.76. The van der Waals surface area contributed by atoms with Crippen molar-refractivity contribution in [2.24, 2.45) is 0 Å². The second kappa shape index (κ2) is 9.00. The van der Waals surface area contributed by atoms with Crippen LogP contribution in [0.25, 0.3) is 5.69 Å². The van der Waals surface area contributed by atoms with E-state index in [1.807, 2.05) is 0 Å². The fourth-order valence-electron chi connectivity index (χ4n) is 2.99. The highest BCUT2D eigenvalue weighted by Gasteiger charge is 2.19. The lowest BCUT2D eigenvalue weighted by Gasteiger charge is -2.11. The SMILES string of the molecule is Cc1nc(C(=O)Nc2cccc(S(=O)(=O)Nc3ccccc3Cl)c2)nn1-c1ccc(F)cc1. The van der Waals surface area contributed by atoms with E-state index in [9.17, 15) is 17.6 Å². The van der Waals surface area contributed by atoms with Crippen LogP contribution in [0.2, 0.25) is 5.02 Å². The number of rotatable bonds is 6.